The van der Waals surface area contributed by atoms with Crippen LogP contribution in [0, 0.1) is 11.7 Å². The number of piperidine rings is 1. The molecule has 33 heavy (non-hydrogen) atoms. The average Bonchev–Trinajstić information content (AvgIpc) is 2.84. The second-order valence-corrected chi connectivity index (χ2v) is 9.81. The Kier molecular flexibility index (Phi) is 7.13. The van der Waals surface area contributed by atoms with E-state index in [4.69, 9.17) is 0 Å². The monoisotopic (exact) mass is 451 g/mol. The summed E-state index contributed by atoms with van der Waals surface area (Å²) in [4.78, 5) is 32.5. The molecule has 2 heterocycles. The van der Waals surface area contributed by atoms with Crippen LogP contribution in [0.15, 0.2) is 54.6 Å². The summed E-state index contributed by atoms with van der Waals surface area (Å²) < 4.78 is 13.5. The van der Waals surface area contributed by atoms with Gasteiger partial charge in [0.15, 0.2) is 0 Å². The highest BCUT2D eigenvalue weighted by Gasteiger charge is 2.37. The Bertz CT molecular complexity index is 970. The van der Waals surface area contributed by atoms with Crippen LogP contribution in [0.5, 0.6) is 0 Å². The summed E-state index contributed by atoms with van der Waals surface area (Å²) in [5.41, 5.74) is 1.36. The highest BCUT2D eigenvalue weighted by atomic mass is 19.1. The Labute approximate surface area is 196 Å². The number of halogens is 1. The molecule has 6 heteroatoms. The lowest BCUT2D eigenvalue weighted by Crippen LogP contribution is -2.56. The van der Waals surface area contributed by atoms with Crippen molar-refractivity contribution in [2.45, 2.75) is 38.6 Å². The van der Waals surface area contributed by atoms with Crippen molar-refractivity contribution in [3.63, 3.8) is 0 Å². The molecule has 2 saturated heterocycles. The zero-order chi connectivity index (χ0) is 23.4. The van der Waals surface area contributed by atoms with Crippen LogP contribution < -0.4 is 0 Å². The molecular weight excluding hydrogens is 417 g/mol. The van der Waals surface area contributed by atoms with Gasteiger partial charge < -0.3 is 9.80 Å². The van der Waals surface area contributed by atoms with Gasteiger partial charge >= 0.3 is 0 Å². The number of benzene rings is 2. The molecule has 2 aromatic carbocycles. The number of hydrogen-bond donors (Lipinski definition) is 0. The van der Waals surface area contributed by atoms with Crippen molar-refractivity contribution in [3.05, 3.63) is 71.5 Å². The number of nitrogens with zero attached hydrogens (tertiary/aromatic N) is 3. The number of rotatable bonds is 5. The van der Waals surface area contributed by atoms with Gasteiger partial charge in [-0.2, -0.15) is 0 Å². The molecule has 0 spiro atoms. The van der Waals surface area contributed by atoms with Gasteiger partial charge in [0.1, 0.15) is 5.82 Å². The molecule has 2 aromatic rings. The largest absolute Gasteiger partial charge is 0.339 e. The standard InChI is InChI=1S/C27H34FN3O2/c1-27(2,23-10-4-3-5-11-23)26(33)31-16-14-30(15-17-31)25(32)22-9-7-13-29(20-22)19-21-8-6-12-24(28)18-21/h3-6,8,10-12,18,22H,7,9,13-17,19-20H2,1-2H3. The molecule has 0 aliphatic carbocycles. The molecule has 0 aromatic heterocycles. The predicted molar refractivity (Wildman–Crippen MR) is 127 cm³/mol. The molecule has 2 aliphatic heterocycles. The summed E-state index contributed by atoms with van der Waals surface area (Å²) in [7, 11) is 0. The third kappa shape index (κ3) is 5.44. The lowest BCUT2D eigenvalue weighted by Gasteiger charge is -2.41. The van der Waals surface area contributed by atoms with Gasteiger partial charge in [0.2, 0.25) is 11.8 Å². The third-order valence-electron chi connectivity index (χ3n) is 7.06. The molecule has 4 rings (SSSR count). The van der Waals surface area contributed by atoms with Gasteiger partial charge in [-0.1, -0.05) is 42.5 Å². The molecule has 2 fully saturated rings. The van der Waals surface area contributed by atoms with Crippen molar-refractivity contribution < 1.29 is 14.0 Å². The van der Waals surface area contributed by atoms with Crippen molar-refractivity contribution in [1.29, 1.82) is 0 Å². The molecule has 0 saturated carbocycles. The third-order valence-corrected chi connectivity index (χ3v) is 7.06. The Morgan fingerprint density at radius 2 is 1.64 bits per heavy atom. The number of hydrogen-bond acceptors (Lipinski definition) is 3. The molecule has 0 radical (unpaired) electrons. The molecule has 0 N–H and O–H groups in total. The average molecular weight is 452 g/mol. The molecule has 2 aliphatic rings. The first-order valence-electron chi connectivity index (χ1n) is 11.9. The first-order valence-corrected chi connectivity index (χ1v) is 11.9. The maximum Gasteiger partial charge on any atom is 0.232 e. The van der Waals surface area contributed by atoms with Crippen LogP contribution >= 0.6 is 0 Å². The first-order chi connectivity index (χ1) is 15.8. The maximum absolute atomic E-state index is 13.5. The van der Waals surface area contributed by atoms with Gasteiger partial charge in [-0.15, -0.1) is 0 Å². The molecule has 1 atom stereocenters. The molecule has 1 unspecified atom stereocenters. The number of carbonyl (C=O) groups excluding carboxylic acids is 2. The van der Waals surface area contributed by atoms with Gasteiger partial charge in [-0.25, -0.2) is 4.39 Å². The van der Waals surface area contributed by atoms with Crippen LogP contribution in [0.25, 0.3) is 0 Å². The summed E-state index contributed by atoms with van der Waals surface area (Å²) in [5.74, 6) is 0.0448. The van der Waals surface area contributed by atoms with E-state index in [0.717, 1.165) is 30.5 Å². The minimum atomic E-state index is -0.589. The summed E-state index contributed by atoms with van der Waals surface area (Å²) >= 11 is 0. The molecule has 0 bridgehead atoms. The van der Waals surface area contributed by atoms with E-state index in [2.05, 4.69) is 4.90 Å². The zero-order valence-corrected chi connectivity index (χ0v) is 19.7. The lowest BCUT2D eigenvalue weighted by atomic mass is 9.83. The minimum Gasteiger partial charge on any atom is -0.339 e. The van der Waals surface area contributed by atoms with Crippen LogP contribution in [0.1, 0.15) is 37.8 Å². The van der Waals surface area contributed by atoms with Gasteiger partial charge in [0, 0.05) is 39.3 Å². The van der Waals surface area contributed by atoms with Crippen molar-refractivity contribution in [2.24, 2.45) is 5.92 Å². The van der Waals surface area contributed by atoms with E-state index in [1.807, 2.05) is 60.0 Å². The summed E-state index contributed by atoms with van der Waals surface area (Å²) in [6.07, 6.45) is 1.86. The fourth-order valence-electron chi connectivity index (χ4n) is 5.06. The Morgan fingerprint density at radius 1 is 0.939 bits per heavy atom. The van der Waals surface area contributed by atoms with Gasteiger partial charge in [-0.3, -0.25) is 14.5 Å². The Hall–Kier alpha value is -2.73. The quantitative estimate of drug-likeness (QED) is 0.697. The maximum atomic E-state index is 13.5. The number of likely N-dealkylation sites (tertiary alicyclic amines) is 1. The van der Waals surface area contributed by atoms with Crippen molar-refractivity contribution in [1.82, 2.24) is 14.7 Å². The first kappa shape index (κ1) is 23.4. The second kappa shape index (κ2) is 10.0. The van der Waals surface area contributed by atoms with E-state index >= 15 is 0 Å². The fraction of sp³-hybridized carbons (Fsp3) is 0.481. The van der Waals surface area contributed by atoms with Crippen molar-refractivity contribution in [3.8, 4) is 0 Å². The number of amides is 2. The normalized spacial score (nSPS) is 20.0. The zero-order valence-electron chi connectivity index (χ0n) is 19.7. The summed E-state index contributed by atoms with van der Waals surface area (Å²) in [6.45, 7) is 8.53. The topological polar surface area (TPSA) is 43.9 Å². The van der Waals surface area contributed by atoms with Gasteiger partial charge in [-0.05, 0) is 56.5 Å². The summed E-state index contributed by atoms with van der Waals surface area (Å²) in [6, 6.07) is 16.6. The SMILES string of the molecule is CC(C)(C(=O)N1CCN(C(=O)C2CCCN(Cc3cccc(F)c3)C2)CC1)c1ccccc1. The van der Waals surface area contributed by atoms with E-state index in [-0.39, 0.29) is 23.5 Å². The molecule has 176 valence electrons. The van der Waals surface area contributed by atoms with Gasteiger partial charge in [0.05, 0.1) is 11.3 Å². The smallest absolute Gasteiger partial charge is 0.232 e. The van der Waals surface area contributed by atoms with E-state index < -0.39 is 5.41 Å². The molecular formula is C27H34FN3O2. The predicted octanol–water partition coefficient (Wildman–Crippen LogP) is 3.69. The van der Waals surface area contributed by atoms with Crippen LogP contribution in [0.3, 0.4) is 0 Å². The van der Waals surface area contributed by atoms with Crippen molar-refractivity contribution >= 4 is 11.8 Å². The minimum absolute atomic E-state index is 0.0321. The molecule has 5 nitrogen and oxygen atoms in total. The second-order valence-electron chi connectivity index (χ2n) is 9.81. The van der Waals surface area contributed by atoms with E-state index in [1.54, 1.807) is 12.1 Å². The lowest BCUT2D eigenvalue weighted by molar-refractivity contribution is -0.145. The highest BCUT2D eigenvalue weighted by Crippen LogP contribution is 2.27. The fourth-order valence-corrected chi connectivity index (χ4v) is 5.06. The Morgan fingerprint density at radius 3 is 2.33 bits per heavy atom. The van der Waals surface area contributed by atoms with Crippen LogP contribution in [-0.2, 0) is 21.5 Å². The molecule has 2 amide bonds. The van der Waals surface area contributed by atoms with E-state index in [1.165, 1.54) is 6.07 Å². The Balaban J connectivity index is 1.31. The van der Waals surface area contributed by atoms with E-state index in [9.17, 15) is 14.0 Å². The van der Waals surface area contributed by atoms with Crippen LogP contribution in [0.2, 0.25) is 0 Å². The highest BCUT2D eigenvalue weighted by molar-refractivity contribution is 5.88. The number of piperazine rings is 1. The van der Waals surface area contributed by atoms with Gasteiger partial charge in [0.25, 0.3) is 0 Å². The van der Waals surface area contributed by atoms with E-state index in [0.29, 0.717) is 39.3 Å². The van der Waals surface area contributed by atoms with Crippen LogP contribution in [0.4, 0.5) is 4.39 Å². The van der Waals surface area contributed by atoms with Crippen LogP contribution in [-0.4, -0.2) is 65.8 Å². The van der Waals surface area contributed by atoms with Crippen molar-refractivity contribution in [2.75, 3.05) is 39.3 Å². The number of carbonyl (C=O) groups is 2. The summed E-state index contributed by atoms with van der Waals surface area (Å²) in [5, 5.41) is 0.